The van der Waals surface area contributed by atoms with Gasteiger partial charge in [0.25, 0.3) is 0 Å². The molecule has 1 aromatic rings. The highest BCUT2D eigenvalue weighted by Gasteiger charge is 2.64. The van der Waals surface area contributed by atoms with Gasteiger partial charge in [-0.1, -0.05) is 5.16 Å². The highest BCUT2D eigenvalue weighted by atomic mass is 16.9. The van der Waals surface area contributed by atoms with E-state index in [-0.39, 0.29) is 12.7 Å². The quantitative estimate of drug-likeness (QED) is 0.585. The summed E-state index contributed by atoms with van der Waals surface area (Å²) in [6.45, 7) is 7.86. The molecule has 5 atom stereocenters. The molecule has 3 fully saturated rings. The molecule has 0 saturated carbocycles. The first-order valence-corrected chi connectivity index (χ1v) is 11.6. The Morgan fingerprint density at radius 3 is 2.23 bits per heavy atom. The number of nitrogens with zero attached hydrogens (tertiary/aromatic N) is 1. The van der Waals surface area contributed by atoms with Crippen molar-refractivity contribution in [2.75, 3.05) is 34.5 Å². The number of rotatable bonds is 6. The van der Waals surface area contributed by atoms with Gasteiger partial charge in [0.1, 0.15) is 47.9 Å². The van der Waals surface area contributed by atoms with Crippen molar-refractivity contribution in [1.29, 1.82) is 0 Å². The third-order valence-electron chi connectivity index (χ3n) is 6.43. The van der Waals surface area contributed by atoms with E-state index in [0.29, 0.717) is 41.6 Å². The van der Waals surface area contributed by atoms with Gasteiger partial charge in [-0.3, -0.25) is 0 Å². The Morgan fingerprint density at radius 2 is 1.63 bits per heavy atom. The summed E-state index contributed by atoms with van der Waals surface area (Å²) in [6, 6.07) is 3.53. The minimum atomic E-state index is -1.17. The molecular formula is C24H33NO10. The van der Waals surface area contributed by atoms with Crippen molar-refractivity contribution in [3.63, 3.8) is 0 Å². The van der Waals surface area contributed by atoms with Crippen LogP contribution in [-0.4, -0.2) is 82.2 Å². The van der Waals surface area contributed by atoms with Crippen molar-refractivity contribution in [2.45, 2.75) is 76.1 Å². The molecule has 3 saturated heterocycles. The fourth-order valence-corrected chi connectivity index (χ4v) is 4.98. The standard InChI is InChI=1S/C24H33NO10/c1-22(2)30-12-24(35-22)21(20-17(11-29-24)32-23(3,4)33-20)31-18-10-14(25-34-18)19-15(27-6)8-13(26-5)9-16(19)28-7/h8-9,17-18,20-21H,10-12H2,1-7H3/t17-,18-,20-,21+,24+/m1/s1. The SMILES string of the molecule is COc1cc(OC)c(C2=NO[C@@H](O[C@H]3[C@@H]4OC(C)(C)O[C@@H]4CO[C@]34COC(C)(C)O4)C2)c(OC)c1. The van der Waals surface area contributed by atoms with Crippen LogP contribution in [-0.2, 0) is 33.3 Å². The first-order valence-electron chi connectivity index (χ1n) is 11.6. The molecule has 0 unspecified atom stereocenters. The second-order valence-corrected chi connectivity index (χ2v) is 9.79. The van der Waals surface area contributed by atoms with Crippen molar-refractivity contribution in [3.8, 4) is 17.2 Å². The Labute approximate surface area is 204 Å². The smallest absolute Gasteiger partial charge is 0.233 e. The number of fused-ring (bicyclic) bond motifs is 1. The number of methoxy groups -OCH3 is 3. The summed E-state index contributed by atoms with van der Waals surface area (Å²) < 4.78 is 53.5. The van der Waals surface area contributed by atoms with E-state index in [0.717, 1.165) is 0 Å². The number of hydrogen-bond acceptors (Lipinski definition) is 11. The van der Waals surface area contributed by atoms with Crippen LogP contribution in [0.5, 0.6) is 17.2 Å². The summed E-state index contributed by atoms with van der Waals surface area (Å²) in [7, 11) is 4.73. The Morgan fingerprint density at radius 1 is 0.914 bits per heavy atom. The summed E-state index contributed by atoms with van der Waals surface area (Å²) in [4.78, 5) is 5.71. The Balaban J connectivity index is 1.39. The van der Waals surface area contributed by atoms with Gasteiger partial charge in [-0.2, -0.15) is 0 Å². The van der Waals surface area contributed by atoms with E-state index in [9.17, 15) is 0 Å². The van der Waals surface area contributed by atoms with Gasteiger partial charge in [0.2, 0.25) is 12.1 Å². The van der Waals surface area contributed by atoms with Gasteiger partial charge in [0, 0.05) is 12.1 Å². The highest BCUT2D eigenvalue weighted by Crippen LogP contribution is 2.46. The average molecular weight is 496 g/mol. The number of oxime groups is 1. The maximum absolute atomic E-state index is 6.46. The van der Waals surface area contributed by atoms with Gasteiger partial charge in [0.15, 0.2) is 11.6 Å². The lowest BCUT2D eigenvalue weighted by Gasteiger charge is -2.44. The van der Waals surface area contributed by atoms with E-state index in [1.54, 1.807) is 33.5 Å². The van der Waals surface area contributed by atoms with Crippen LogP contribution in [0.3, 0.4) is 0 Å². The molecule has 0 amide bonds. The normalized spacial score (nSPS) is 34.9. The van der Waals surface area contributed by atoms with E-state index in [1.807, 2.05) is 27.7 Å². The number of benzene rings is 1. The summed E-state index contributed by atoms with van der Waals surface area (Å²) in [5.74, 6) is -1.11. The minimum absolute atomic E-state index is 0.179. The first-order chi connectivity index (χ1) is 16.6. The van der Waals surface area contributed by atoms with Crippen LogP contribution < -0.4 is 14.2 Å². The van der Waals surface area contributed by atoms with Gasteiger partial charge in [-0.15, -0.1) is 0 Å². The molecule has 1 spiro atoms. The fraction of sp³-hybridized carbons (Fsp3) is 0.708. The van der Waals surface area contributed by atoms with E-state index in [1.165, 1.54) is 0 Å². The van der Waals surface area contributed by atoms with Crippen molar-refractivity contribution in [3.05, 3.63) is 17.7 Å². The second-order valence-electron chi connectivity index (χ2n) is 9.79. The fourth-order valence-electron chi connectivity index (χ4n) is 4.98. The molecule has 0 N–H and O–H groups in total. The van der Waals surface area contributed by atoms with Crippen molar-refractivity contribution in [1.82, 2.24) is 0 Å². The van der Waals surface area contributed by atoms with Crippen molar-refractivity contribution >= 4 is 5.71 Å². The molecule has 35 heavy (non-hydrogen) atoms. The first kappa shape index (κ1) is 24.5. The Hall–Kier alpha value is -2.15. The molecular weight excluding hydrogens is 462 g/mol. The number of hydrogen-bond donors (Lipinski definition) is 0. The molecule has 1 aromatic carbocycles. The summed E-state index contributed by atoms with van der Waals surface area (Å²) in [5, 5.41) is 4.29. The molecule has 11 heteroatoms. The van der Waals surface area contributed by atoms with E-state index in [2.05, 4.69) is 5.16 Å². The van der Waals surface area contributed by atoms with Crippen LogP contribution >= 0.6 is 0 Å². The molecule has 0 aromatic heterocycles. The zero-order valence-electron chi connectivity index (χ0n) is 21.1. The Bertz CT molecular complexity index is 968. The third-order valence-corrected chi connectivity index (χ3v) is 6.43. The molecule has 4 heterocycles. The predicted molar refractivity (Wildman–Crippen MR) is 121 cm³/mol. The van der Waals surface area contributed by atoms with Crippen LogP contribution in [0.2, 0.25) is 0 Å². The lowest BCUT2D eigenvalue weighted by atomic mass is 9.96. The summed E-state index contributed by atoms with van der Waals surface area (Å²) >= 11 is 0. The monoisotopic (exact) mass is 495 g/mol. The van der Waals surface area contributed by atoms with Crippen LogP contribution in [0.4, 0.5) is 0 Å². The maximum atomic E-state index is 6.46. The summed E-state index contributed by atoms with van der Waals surface area (Å²) in [6.07, 6.45) is -1.86. The van der Waals surface area contributed by atoms with E-state index in [4.69, 9.17) is 47.5 Å². The van der Waals surface area contributed by atoms with Gasteiger partial charge >= 0.3 is 0 Å². The molecule has 0 aliphatic carbocycles. The van der Waals surface area contributed by atoms with Crippen LogP contribution in [0.15, 0.2) is 17.3 Å². The van der Waals surface area contributed by atoms with E-state index >= 15 is 0 Å². The maximum Gasteiger partial charge on any atom is 0.233 e. The highest BCUT2D eigenvalue weighted by molar-refractivity contribution is 6.06. The lowest BCUT2D eigenvalue weighted by Crippen LogP contribution is -2.63. The lowest BCUT2D eigenvalue weighted by molar-refractivity contribution is -0.353. The van der Waals surface area contributed by atoms with Gasteiger partial charge in [-0.25, -0.2) is 0 Å². The van der Waals surface area contributed by atoms with Crippen molar-refractivity contribution < 1.29 is 47.5 Å². The zero-order valence-corrected chi connectivity index (χ0v) is 21.1. The van der Waals surface area contributed by atoms with Crippen LogP contribution in [0, 0.1) is 0 Å². The molecule has 4 aliphatic heterocycles. The Kier molecular flexibility index (Phi) is 6.14. The molecule has 0 radical (unpaired) electrons. The van der Waals surface area contributed by atoms with E-state index < -0.39 is 35.9 Å². The molecule has 11 nitrogen and oxygen atoms in total. The average Bonchev–Trinajstić information content (AvgIpc) is 3.49. The van der Waals surface area contributed by atoms with Gasteiger partial charge in [0.05, 0.1) is 39.9 Å². The second kappa shape index (κ2) is 8.75. The summed E-state index contributed by atoms with van der Waals surface area (Å²) in [5.41, 5.74) is 1.28. The van der Waals surface area contributed by atoms with Gasteiger partial charge in [-0.05, 0) is 27.7 Å². The largest absolute Gasteiger partial charge is 0.496 e. The molecule has 0 bridgehead atoms. The third kappa shape index (κ3) is 4.45. The van der Waals surface area contributed by atoms with Crippen molar-refractivity contribution in [2.24, 2.45) is 5.16 Å². The van der Waals surface area contributed by atoms with Gasteiger partial charge < -0.3 is 47.5 Å². The molecule has 5 rings (SSSR count). The van der Waals surface area contributed by atoms with Crippen LogP contribution in [0.1, 0.15) is 39.7 Å². The molecule has 194 valence electrons. The topological polar surface area (TPSA) is 105 Å². The number of ether oxygens (including phenoxy) is 9. The zero-order chi connectivity index (χ0) is 25.0. The predicted octanol–water partition coefficient (Wildman–Crippen LogP) is 2.58. The van der Waals surface area contributed by atoms with Crippen LogP contribution in [0.25, 0.3) is 0 Å². The minimum Gasteiger partial charge on any atom is -0.496 e. The molecule has 4 aliphatic rings.